The zero-order valence-corrected chi connectivity index (χ0v) is 8.16. The Morgan fingerprint density at radius 3 is 2.69 bits per heavy atom. The molecule has 0 spiro atoms. The number of nitrogens with zero attached hydrogens (tertiary/aromatic N) is 1. The number of nitrogen functional groups attached to an aromatic ring is 1. The third-order valence-corrected chi connectivity index (χ3v) is 1.99. The van der Waals surface area contributed by atoms with Crippen molar-refractivity contribution in [2.45, 2.75) is 32.8 Å². The van der Waals surface area contributed by atoms with Crippen molar-refractivity contribution in [1.29, 1.82) is 0 Å². The van der Waals surface area contributed by atoms with Gasteiger partial charge in [-0.15, -0.1) is 0 Å². The van der Waals surface area contributed by atoms with Gasteiger partial charge in [-0.2, -0.15) is 0 Å². The van der Waals surface area contributed by atoms with Crippen molar-refractivity contribution in [3.05, 3.63) is 18.3 Å². The molecule has 0 unspecified atom stereocenters. The van der Waals surface area contributed by atoms with E-state index in [-0.39, 0.29) is 6.10 Å². The molecule has 0 aliphatic heterocycles. The maximum atomic E-state index is 5.69. The first-order valence-corrected chi connectivity index (χ1v) is 4.65. The number of aromatic nitrogens is 1. The summed E-state index contributed by atoms with van der Waals surface area (Å²) in [5.41, 5.74) is 6.30. The van der Waals surface area contributed by atoms with Gasteiger partial charge in [-0.1, -0.05) is 13.8 Å². The van der Waals surface area contributed by atoms with Crippen LogP contribution in [0.15, 0.2) is 18.3 Å². The van der Waals surface area contributed by atoms with E-state index in [0.717, 1.165) is 12.8 Å². The van der Waals surface area contributed by atoms with Crippen LogP contribution in [0.25, 0.3) is 0 Å². The van der Waals surface area contributed by atoms with Crippen LogP contribution < -0.4 is 10.5 Å². The molecule has 0 bridgehead atoms. The summed E-state index contributed by atoms with van der Waals surface area (Å²) in [7, 11) is 0. The predicted molar refractivity (Wildman–Crippen MR) is 53.6 cm³/mol. The van der Waals surface area contributed by atoms with E-state index >= 15 is 0 Å². The summed E-state index contributed by atoms with van der Waals surface area (Å²) in [5.74, 6) is 0.552. The van der Waals surface area contributed by atoms with Crippen LogP contribution in [-0.2, 0) is 0 Å². The second kappa shape index (κ2) is 4.70. The molecule has 72 valence electrons. The molecule has 0 amide bonds. The van der Waals surface area contributed by atoms with Gasteiger partial charge >= 0.3 is 0 Å². The molecule has 0 fully saturated rings. The molecule has 3 heteroatoms. The van der Waals surface area contributed by atoms with Gasteiger partial charge in [0.25, 0.3) is 0 Å². The summed E-state index contributed by atoms with van der Waals surface area (Å²) >= 11 is 0. The number of hydrogen-bond acceptors (Lipinski definition) is 3. The lowest BCUT2D eigenvalue weighted by molar-refractivity contribution is 0.186. The zero-order chi connectivity index (χ0) is 9.68. The van der Waals surface area contributed by atoms with E-state index in [9.17, 15) is 0 Å². The molecule has 0 atom stereocenters. The van der Waals surface area contributed by atoms with E-state index in [1.807, 2.05) is 0 Å². The molecule has 1 aromatic heterocycles. The van der Waals surface area contributed by atoms with E-state index in [4.69, 9.17) is 10.5 Å². The van der Waals surface area contributed by atoms with Crippen molar-refractivity contribution in [3.8, 4) is 5.88 Å². The number of hydrogen-bond donors (Lipinski definition) is 1. The highest BCUT2D eigenvalue weighted by Gasteiger charge is 2.07. The Kier molecular flexibility index (Phi) is 3.55. The van der Waals surface area contributed by atoms with Gasteiger partial charge in [-0.05, 0) is 25.0 Å². The first-order chi connectivity index (χ1) is 6.27. The monoisotopic (exact) mass is 180 g/mol. The minimum Gasteiger partial charge on any atom is -0.473 e. The standard InChI is InChI=1S/C10H16N2O/c1-3-8(4-2)13-10-9(11)6-5-7-12-10/h5-8H,3-4,11H2,1-2H3. The normalized spacial score (nSPS) is 10.4. The fourth-order valence-corrected chi connectivity index (χ4v) is 1.11. The van der Waals surface area contributed by atoms with Gasteiger partial charge in [-0.3, -0.25) is 0 Å². The smallest absolute Gasteiger partial charge is 0.237 e. The lowest BCUT2D eigenvalue weighted by Crippen LogP contribution is -2.15. The topological polar surface area (TPSA) is 48.1 Å². The van der Waals surface area contributed by atoms with Crippen molar-refractivity contribution in [1.82, 2.24) is 4.98 Å². The van der Waals surface area contributed by atoms with Gasteiger partial charge in [0.05, 0.1) is 5.69 Å². The first kappa shape index (κ1) is 9.84. The van der Waals surface area contributed by atoms with Crippen molar-refractivity contribution < 1.29 is 4.74 Å². The lowest BCUT2D eigenvalue weighted by atomic mass is 10.2. The zero-order valence-electron chi connectivity index (χ0n) is 8.16. The third kappa shape index (κ3) is 2.61. The van der Waals surface area contributed by atoms with Crippen LogP contribution in [-0.4, -0.2) is 11.1 Å². The third-order valence-electron chi connectivity index (χ3n) is 1.99. The minimum absolute atomic E-state index is 0.220. The van der Waals surface area contributed by atoms with Gasteiger partial charge in [-0.25, -0.2) is 4.98 Å². The lowest BCUT2D eigenvalue weighted by Gasteiger charge is -2.15. The molecule has 0 aliphatic carbocycles. The summed E-state index contributed by atoms with van der Waals surface area (Å²) in [4.78, 5) is 4.07. The van der Waals surface area contributed by atoms with Crippen molar-refractivity contribution in [2.24, 2.45) is 0 Å². The minimum atomic E-state index is 0.220. The van der Waals surface area contributed by atoms with Crippen molar-refractivity contribution in [2.75, 3.05) is 5.73 Å². The molecule has 0 radical (unpaired) electrons. The number of rotatable bonds is 4. The summed E-state index contributed by atoms with van der Waals surface area (Å²) in [6.45, 7) is 4.18. The Morgan fingerprint density at radius 2 is 2.15 bits per heavy atom. The predicted octanol–water partition coefficient (Wildman–Crippen LogP) is 2.23. The maximum absolute atomic E-state index is 5.69. The van der Waals surface area contributed by atoms with Crippen molar-refractivity contribution >= 4 is 5.69 Å². The van der Waals surface area contributed by atoms with Crippen LogP contribution in [0, 0.1) is 0 Å². The second-order valence-corrected chi connectivity index (χ2v) is 2.95. The summed E-state index contributed by atoms with van der Waals surface area (Å²) in [6.07, 6.45) is 3.87. The van der Waals surface area contributed by atoms with Gasteiger partial charge in [0.15, 0.2) is 0 Å². The fourth-order valence-electron chi connectivity index (χ4n) is 1.11. The Balaban J connectivity index is 2.67. The highest BCUT2D eigenvalue weighted by molar-refractivity contribution is 5.46. The van der Waals surface area contributed by atoms with Gasteiger partial charge < -0.3 is 10.5 Å². The summed E-state index contributed by atoms with van der Waals surface area (Å²) in [6, 6.07) is 3.60. The van der Waals surface area contributed by atoms with Gasteiger partial charge in [0.1, 0.15) is 6.10 Å². The number of pyridine rings is 1. The molecular formula is C10H16N2O. The Labute approximate surface area is 78.9 Å². The first-order valence-electron chi connectivity index (χ1n) is 4.65. The van der Waals surface area contributed by atoms with Crippen LogP contribution in [0.1, 0.15) is 26.7 Å². The molecule has 0 saturated heterocycles. The highest BCUT2D eigenvalue weighted by Crippen LogP contribution is 2.19. The van der Waals surface area contributed by atoms with Crippen molar-refractivity contribution in [3.63, 3.8) is 0 Å². The SMILES string of the molecule is CCC(CC)Oc1ncccc1N. The van der Waals surface area contributed by atoms with Gasteiger partial charge in [0.2, 0.25) is 5.88 Å². The second-order valence-electron chi connectivity index (χ2n) is 2.95. The average Bonchev–Trinajstić information content (AvgIpc) is 2.17. The molecule has 1 heterocycles. The molecule has 1 aromatic rings. The number of ether oxygens (including phenoxy) is 1. The average molecular weight is 180 g/mol. The Hall–Kier alpha value is -1.25. The highest BCUT2D eigenvalue weighted by atomic mass is 16.5. The van der Waals surface area contributed by atoms with E-state index < -0.39 is 0 Å². The molecule has 13 heavy (non-hydrogen) atoms. The molecule has 2 N–H and O–H groups in total. The largest absolute Gasteiger partial charge is 0.473 e. The molecule has 0 aromatic carbocycles. The Morgan fingerprint density at radius 1 is 1.46 bits per heavy atom. The summed E-state index contributed by atoms with van der Waals surface area (Å²) < 4.78 is 5.61. The quantitative estimate of drug-likeness (QED) is 0.773. The number of anilines is 1. The molecular weight excluding hydrogens is 164 g/mol. The maximum Gasteiger partial charge on any atom is 0.237 e. The van der Waals surface area contributed by atoms with E-state index in [1.165, 1.54) is 0 Å². The van der Waals surface area contributed by atoms with E-state index in [2.05, 4.69) is 18.8 Å². The molecule has 1 rings (SSSR count). The fraction of sp³-hybridized carbons (Fsp3) is 0.500. The Bertz CT molecular complexity index is 259. The number of nitrogens with two attached hydrogens (primary N) is 1. The van der Waals surface area contributed by atoms with Crippen LogP contribution >= 0.6 is 0 Å². The van der Waals surface area contributed by atoms with Crippen LogP contribution in [0.3, 0.4) is 0 Å². The van der Waals surface area contributed by atoms with Crippen LogP contribution in [0.5, 0.6) is 5.88 Å². The summed E-state index contributed by atoms with van der Waals surface area (Å²) in [5, 5.41) is 0. The van der Waals surface area contributed by atoms with E-state index in [0.29, 0.717) is 11.6 Å². The molecule has 0 saturated carbocycles. The van der Waals surface area contributed by atoms with Gasteiger partial charge in [0, 0.05) is 6.20 Å². The van der Waals surface area contributed by atoms with Crippen LogP contribution in [0.4, 0.5) is 5.69 Å². The molecule has 0 aliphatic rings. The van der Waals surface area contributed by atoms with Crippen LogP contribution in [0.2, 0.25) is 0 Å². The van der Waals surface area contributed by atoms with E-state index in [1.54, 1.807) is 18.3 Å². The molecule has 3 nitrogen and oxygen atoms in total.